The molecule has 0 radical (unpaired) electrons. The summed E-state index contributed by atoms with van der Waals surface area (Å²) in [6, 6.07) is 3.43. The van der Waals surface area contributed by atoms with Crippen molar-refractivity contribution in [3.8, 4) is 0 Å². The largest absolute Gasteiger partial charge is 0.369 e. The molecule has 10 N–H and O–H groups in total. The summed E-state index contributed by atoms with van der Waals surface area (Å²) in [5.74, 6) is -0.0795. The Labute approximate surface area is 246 Å². The van der Waals surface area contributed by atoms with Crippen molar-refractivity contribution in [3.05, 3.63) is 68.6 Å². The molecule has 1 saturated carbocycles. The molecule has 4 aromatic heterocycles. The Morgan fingerprint density at radius 1 is 0.789 bits per heavy atom. The number of carbonyl (C=O) groups is 2. The second-order valence-corrected chi connectivity index (χ2v) is 10.5. The number of hydrogen-bond donors (Lipinski definition) is 8. The summed E-state index contributed by atoms with van der Waals surface area (Å²) in [5, 5.41) is 6.04. The number of hydrogen-bond acceptors (Lipinski definition) is 6. The highest BCUT2D eigenvalue weighted by molar-refractivity contribution is 9.10. The Morgan fingerprint density at radius 3 is 1.47 bits per heavy atom. The Morgan fingerprint density at radius 2 is 1.18 bits per heavy atom. The number of H-pyrrole nitrogens is 4. The van der Waals surface area contributed by atoms with Crippen LogP contribution >= 0.6 is 56.7 Å². The van der Waals surface area contributed by atoms with Gasteiger partial charge in [0, 0.05) is 57.7 Å². The molecule has 1 aliphatic carbocycles. The van der Waals surface area contributed by atoms with E-state index in [1.165, 1.54) is 0 Å². The molecule has 1 fully saturated rings. The number of aromatic amines is 4. The first-order chi connectivity index (χ1) is 17.3. The van der Waals surface area contributed by atoms with Crippen LogP contribution in [0.3, 0.4) is 0 Å². The van der Waals surface area contributed by atoms with Gasteiger partial charge >= 0.3 is 0 Å². The van der Waals surface area contributed by atoms with Gasteiger partial charge < -0.3 is 42.0 Å². The van der Waals surface area contributed by atoms with E-state index in [0.29, 0.717) is 36.4 Å². The zero-order valence-electron chi connectivity index (χ0n) is 19.6. The lowest BCUT2D eigenvalue weighted by atomic mass is 9.54. The van der Waals surface area contributed by atoms with Gasteiger partial charge in [0.1, 0.15) is 11.4 Å². The van der Waals surface area contributed by atoms with Crippen molar-refractivity contribution in [2.24, 2.45) is 11.8 Å². The van der Waals surface area contributed by atoms with Gasteiger partial charge in [0.15, 0.2) is 11.9 Å². The molecule has 4 atom stereocenters. The first-order valence-electron chi connectivity index (χ1n) is 11.1. The van der Waals surface area contributed by atoms with E-state index in [1.54, 1.807) is 36.9 Å². The number of halogens is 4. The monoisotopic (exact) mass is 690 g/mol. The van der Waals surface area contributed by atoms with E-state index in [9.17, 15) is 9.59 Å². The normalized spacial score (nSPS) is 20.1. The van der Waals surface area contributed by atoms with Crippen molar-refractivity contribution < 1.29 is 9.59 Å². The van der Waals surface area contributed by atoms with Crippen LogP contribution in [0, 0.1) is 11.8 Å². The summed E-state index contributed by atoms with van der Waals surface area (Å²) in [6.45, 7) is 0.738. The smallest absolute Gasteiger partial charge is 0.267 e. The average Bonchev–Trinajstić information content (AvgIpc) is 3.63. The van der Waals surface area contributed by atoms with Crippen molar-refractivity contribution >= 4 is 80.4 Å². The van der Waals surface area contributed by atoms with E-state index in [0.717, 1.165) is 20.3 Å². The quantitative estimate of drug-likeness (QED) is 0.139. The number of imidazole rings is 2. The van der Waals surface area contributed by atoms with Crippen LogP contribution in [0.25, 0.3) is 0 Å². The van der Waals surface area contributed by atoms with Crippen LogP contribution in [0.5, 0.6) is 0 Å². The topological polar surface area (TPSA) is 199 Å². The van der Waals surface area contributed by atoms with Crippen LogP contribution in [0.4, 0.5) is 11.9 Å². The van der Waals surface area contributed by atoms with Crippen LogP contribution < -0.4 is 22.1 Å². The Bertz CT molecular complexity index is 1300. The number of carbonyl (C=O) groups excluding carboxylic acids is 2. The molecule has 16 heteroatoms. The number of aromatic nitrogens is 6. The Kier molecular flexibility index (Phi) is 9.57. The van der Waals surface area contributed by atoms with Gasteiger partial charge in [-0.15, -0.1) is 24.8 Å². The van der Waals surface area contributed by atoms with E-state index in [1.807, 2.05) is 0 Å². The third-order valence-electron chi connectivity index (χ3n) is 6.59. The molecule has 0 bridgehead atoms. The van der Waals surface area contributed by atoms with Crippen molar-refractivity contribution in [3.63, 3.8) is 0 Å². The minimum absolute atomic E-state index is 0. The third-order valence-corrected chi connectivity index (χ3v) is 7.51. The minimum atomic E-state index is -0.225. The second kappa shape index (κ2) is 12.3. The number of nitrogen functional groups attached to an aromatic ring is 2. The molecular formula is C22H26Br2Cl2N10O2. The molecular weight excluding hydrogens is 667 g/mol. The summed E-state index contributed by atoms with van der Waals surface area (Å²) >= 11 is 6.70. The van der Waals surface area contributed by atoms with E-state index < -0.39 is 0 Å². The third kappa shape index (κ3) is 6.03. The summed E-state index contributed by atoms with van der Waals surface area (Å²) in [4.78, 5) is 46.0. The highest BCUT2D eigenvalue weighted by Crippen LogP contribution is 2.56. The van der Waals surface area contributed by atoms with E-state index in [4.69, 9.17) is 11.5 Å². The molecule has 0 spiro atoms. The zero-order valence-corrected chi connectivity index (χ0v) is 24.4. The summed E-state index contributed by atoms with van der Waals surface area (Å²) < 4.78 is 1.58. The van der Waals surface area contributed by atoms with Gasteiger partial charge in [0.25, 0.3) is 11.8 Å². The number of rotatable bonds is 8. The standard InChI is InChI=1S/C22H24Br2N10O2.2ClH/c23-9-1-13(27-3-9)19(35)29-5-11-12(6-30-20(36)14-2-10(24)4-28-14)18(16-8-32-22(26)34-16)17(11)15-7-31-21(25)33-15;;/h1-4,7-8,11-12,17-18,27-28H,5-6H2,(H,29,35)(H,30,36)(H3,25,31,33)(H3,26,32,34);2*1H/t11-,12-,17-,18-;;/m1../s1. The molecule has 0 saturated heterocycles. The fourth-order valence-electron chi connectivity index (χ4n) is 4.98. The summed E-state index contributed by atoms with van der Waals surface area (Å²) in [5.41, 5.74) is 14.3. The second-order valence-electron chi connectivity index (χ2n) is 8.71. The Balaban J connectivity index is 0.00000200. The van der Waals surface area contributed by atoms with Crippen LogP contribution in [0.2, 0.25) is 0 Å². The van der Waals surface area contributed by atoms with Gasteiger partial charge in [0.2, 0.25) is 0 Å². The maximum Gasteiger partial charge on any atom is 0.267 e. The molecule has 0 aliphatic heterocycles. The number of amides is 2. The van der Waals surface area contributed by atoms with Gasteiger partial charge in [-0.05, 0) is 55.8 Å². The lowest BCUT2D eigenvalue weighted by Gasteiger charge is -2.51. The van der Waals surface area contributed by atoms with Crippen molar-refractivity contribution in [1.29, 1.82) is 0 Å². The maximum atomic E-state index is 12.8. The highest BCUT2D eigenvalue weighted by Gasteiger charge is 2.53. The van der Waals surface area contributed by atoms with Crippen LogP contribution in [0.1, 0.15) is 44.2 Å². The number of nitrogens with one attached hydrogen (secondary N) is 6. The molecule has 1 aliphatic rings. The van der Waals surface area contributed by atoms with Crippen molar-refractivity contribution in [2.45, 2.75) is 11.8 Å². The zero-order chi connectivity index (χ0) is 25.4. The summed E-state index contributed by atoms with van der Waals surface area (Å²) in [7, 11) is 0. The maximum absolute atomic E-state index is 12.8. The molecule has 0 aromatic carbocycles. The molecule has 5 rings (SSSR count). The SMILES string of the molecule is Cl.Cl.Nc1ncc([C@H]2[C@H](CNC(=O)c3cc(Br)c[nH]3)[C@@H](CNC(=O)c3cc(Br)c[nH]3)[C@@H]2c2cnc(N)[nH]2)[nH]1. The van der Waals surface area contributed by atoms with Crippen LogP contribution in [-0.4, -0.2) is 54.8 Å². The van der Waals surface area contributed by atoms with Gasteiger partial charge in [-0.3, -0.25) is 9.59 Å². The fourth-order valence-corrected chi connectivity index (χ4v) is 5.66. The molecule has 204 valence electrons. The Hall–Kier alpha value is -2.94. The van der Waals surface area contributed by atoms with E-state index >= 15 is 0 Å². The van der Waals surface area contributed by atoms with Crippen LogP contribution in [0.15, 0.2) is 45.9 Å². The first-order valence-corrected chi connectivity index (χ1v) is 12.7. The lowest BCUT2D eigenvalue weighted by molar-refractivity contribution is 0.0674. The van der Waals surface area contributed by atoms with Gasteiger partial charge in [-0.1, -0.05) is 0 Å². The van der Waals surface area contributed by atoms with E-state index in [-0.39, 0.29) is 60.3 Å². The number of nitrogens with zero attached hydrogens (tertiary/aromatic N) is 2. The predicted molar refractivity (Wildman–Crippen MR) is 155 cm³/mol. The minimum Gasteiger partial charge on any atom is -0.369 e. The van der Waals surface area contributed by atoms with Crippen LogP contribution in [-0.2, 0) is 0 Å². The molecule has 12 nitrogen and oxygen atoms in total. The summed E-state index contributed by atoms with van der Waals surface area (Å²) in [6.07, 6.45) is 6.80. The first kappa shape index (κ1) is 29.6. The van der Waals surface area contributed by atoms with Crippen molar-refractivity contribution in [2.75, 3.05) is 24.6 Å². The van der Waals surface area contributed by atoms with Gasteiger partial charge in [-0.2, -0.15) is 0 Å². The van der Waals surface area contributed by atoms with Gasteiger partial charge in [0.05, 0.1) is 12.4 Å². The fraction of sp³-hybridized carbons (Fsp3) is 0.273. The molecule has 4 aromatic rings. The lowest BCUT2D eigenvalue weighted by Crippen LogP contribution is -2.53. The number of nitrogens with two attached hydrogens (primary N) is 2. The molecule has 2 amide bonds. The van der Waals surface area contributed by atoms with Crippen molar-refractivity contribution in [1.82, 2.24) is 40.5 Å². The number of anilines is 2. The van der Waals surface area contributed by atoms with Gasteiger partial charge in [-0.25, -0.2) is 9.97 Å². The molecule has 38 heavy (non-hydrogen) atoms. The average molecular weight is 693 g/mol. The highest BCUT2D eigenvalue weighted by atomic mass is 79.9. The molecule has 4 heterocycles. The predicted octanol–water partition coefficient (Wildman–Crippen LogP) is 3.30. The van der Waals surface area contributed by atoms with E-state index in [2.05, 4.69) is 72.4 Å². The molecule has 0 unspecified atom stereocenters.